The van der Waals surface area contributed by atoms with E-state index in [9.17, 15) is 14.4 Å². The highest BCUT2D eigenvalue weighted by molar-refractivity contribution is 7.98. The second-order valence-corrected chi connectivity index (χ2v) is 9.24. The summed E-state index contributed by atoms with van der Waals surface area (Å²) < 4.78 is 0. The van der Waals surface area contributed by atoms with Gasteiger partial charge in [0.1, 0.15) is 0 Å². The van der Waals surface area contributed by atoms with Gasteiger partial charge in [0.05, 0.1) is 0 Å². The standard InChI is InChI=1S/C23H30N6O3S/c1-15-13-16(2)25-22(24-15)33-14-17-5-7-18(8-6-17)20(30)26-27-21(31)19-9-11-29(12-10-19)23(32)28(3)4/h5-8,13,19H,9-12,14H2,1-4H3,(H,26,30)(H,27,31). The van der Waals surface area contributed by atoms with E-state index in [1.807, 2.05) is 32.0 Å². The van der Waals surface area contributed by atoms with Crippen LogP contribution in [0.3, 0.4) is 0 Å². The van der Waals surface area contributed by atoms with Crippen molar-refractivity contribution in [2.24, 2.45) is 5.92 Å². The van der Waals surface area contributed by atoms with Crippen molar-refractivity contribution in [1.82, 2.24) is 30.6 Å². The van der Waals surface area contributed by atoms with Gasteiger partial charge in [-0.25, -0.2) is 14.8 Å². The molecule has 1 aliphatic rings. The number of urea groups is 1. The van der Waals surface area contributed by atoms with Gasteiger partial charge < -0.3 is 9.80 Å². The summed E-state index contributed by atoms with van der Waals surface area (Å²) in [6.07, 6.45) is 1.13. The van der Waals surface area contributed by atoms with E-state index in [1.54, 1.807) is 42.9 Å². The minimum atomic E-state index is -0.375. The highest BCUT2D eigenvalue weighted by Crippen LogP contribution is 2.20. The van der Waals surface area contributed by atoms with Crippen LogP contribution in [0.4, 0.5) is 4.79 Å². The van der Waals surface area contributed by atoms with Gasteiger partial charge in [0.15, 0.2) is 5.16 Å². The molecule has 1 fully saturated rings. The fourth-order valence-electron chi connectivity index (χ4n) is 3.57. The molecule has 9 nitrogen and oxygen atoms in total. The van der Waals surface area contributed by atoms with Crippen molar-refractivity contribution in [3.8, 4) is 0 Å². The van der Waals surface area contributed by atoms with Crippen LogP contribution in [0.25, 0.3) is 0 Å². The molecule has 33 heavy (non-hydrogen) atoms. The van der Waals surface area contributed by atoms with Crippen LogP contribution in [-0.4, -0.2) is 64.8 Å². The average molecular weight is 471 g/mol. The van der Waals surface area contributed by atoms with Crippen molar-refractivity contribution in [2.75, 3.05) is 27.2 Å². The minimum Gasteiger partial charge on any atom is -0.331 e. The second-order valence-electron chi connectivity index (χ2n) is 8.30. The number of aryl methyl sites for hydroxylation is 2. The van der Waals surface area contributed by atoms with Gasteiger partial charge in [-0.3, -0.25) is 20.4 Å². The third kappa shape index (κ3) is 6.92. The van der Waals surface area contributed by atoms with Crippen LogP contribution < -0.4 is 10.9 Å². The van der Waals surface area contributed by atoms with Crippen molar-refractivity contribution in [2.45, 2.75) is 37.6 Å². The van der Waals surface area contributed by atoms with E-state index in [2.05, 4.69) is 20.8 Å². The van der Waals surface area contributed by atoms with Gasteiger partial charge in [-0.1, -0.05) is 23.9 Å². The van der Waals surface area contributed by atoms with Gasteiger partial charge in [0.2, 0.25) is 5.91 Å². The maximum Gasteiger partial charge on any atom is 0.319 e. The number of likely N-dealkylation sites (tertiary alicyclic amines) is 1. The predicted molar refractivity (Wildman–Crippen MR) is 126 cm³/mol. The topological polar surface area (TPSA) is 108 Å². The number of hydrogen-bond donors (Lipinski definition) is 2. The Hall–Kier alpha value is -3.14. The van der Waals surface area contributed by atoms with Gasteiger partial charge in [0, 0.05) is 55.8 Å². The van der Waals surface area contributed by atoms with Crippen LogP contribution in [0, 0.1) is 19.8 Å². The molecular formula is C23H30N6O3S. The van der Waals surface area contributed by atoms with E-state index in [1.165, 1.54) is 4.90 Å². The first-order valence-electron chi connectivity index (χ1n) is 10.8. The number of aromatic nitrogens is 2. The summed E-state index contributed by atoms with van der Waals surface area (Å²) in [4.78, 5) is 48.9. The number of nitrogens with zero attached hydrogens (tertiary/aromatic N) is 4. The number of carbonyl (C=O) groups is 3. The Balaban J connectivity index is 1.44. The zero-order valence-electron chi connectivity index (χ0n) is 19.4. The maximum absolute atomic E-state index is 12.4. The number of amides is 4. The number of thioether (sulfide) groups is 1. The fraction of sp³-hybridized carbons (Fsp3) is 0.435. The Labute approximate surface area is 198 Å². The van der Waals surface area contributed by atoms with Gasteiger partial charge in [0.25, 0.3) is 5.91 Å². The largest absolute Gasteiger partial charge is 0.331 e. The van der Waals surface area contributed by atoms with E-state index >= 15 is 0 Å². The Bertz CT molecular complexity index is 984. The zero-order chi connectivity index (χ0) is 24.0. The summed E-state index contributed by atoms with van der Waals surface area (Å²) in [5, 5.41) is 0.731. The molecule has 2 N–H and O–H groups in total. The van der Waals surface area contributed by atoms with Crippen molar-refractivity contribution in [1.29, 1.82) is 0 Å². The van der Waals surface area contributed by atoms with Gasteiger partial charge in [-0.15, -0.1) is 0 Å². The molecule has 176 valence electrons. The highest BCUT2D eigenvalue weighted by Gasteiger charge is 2.28. The van der Waals surface area contributed by atoms with E-state index in [0.717, 1.165) is 22.1 Å². The number of carbonyl (C=O) groups excluding carboxylic acids is 3. The third-order valence-electron chi connectivity index (χ3n) is 5.36. The lowest BCUT2D eigenvalue weighted by Gasteiger charge is -2.32. The summed E-state index contributed by atoms with van der Waals surface area (Å²) in [6.45, 7) is 4.94. The van der Waals surface area contributed by atoms with Crippen molar-refractivity contribution < 1.29 is 14.4 Å². The van der Waals surface area contributed by atoms with Crippen LogP contribution in [0.5, 0.6) is 0 Å². The summed E-state index contributed by atoms with van der Waals surface area (Å²) in [5.41, 5.74) is 8.38. The minimum absolute atomic E-state index is 0.0504. The van der Waals surface area contributed by atoms with Crippen LogP contribution in [-0.2, 0) is 10.5 Å². The number of piperidine rings is 1. The molecule has 0 spiro atoms. The van der Waals surface area contributed by atoms with Gasteiger partial charge in [-0.05, 0) is 50.5 Å². The number of hydrazine groups is 1. The van der Waals surface area contributed by atoms with Gasteiger partial charge >= 0.3 is 6.03 Å². The first-order valence-corrected chi connectivity index (χ1v) is 11.8. The summed E-state index contributed by atoms with van der Waals surface area (Å²) in [6, 6.07) is 9.10. The molecule has 2 aromatic rings. The van der Waals surface area contributed by atoms with Crippen molar-refractivity contribution >= 4 is 29.6 Å². The maximum atomic E-state index is 12.4. The first kappa shape index (κ1) is 24.5. The van der Waals surface area contributed by atoms with Crippen LogP contribution in [0.1, 0.15) is 40.2 Å². The van der Waals surface area contributed by atoms with Crippen LogP contribution in [0.15, 0.2) is 35.5 Å². The lowest BCUT2D eigenvalue weighted by molar-refractivity contribution is -0.127. The molecule has 0 saturated carbocycles. The molecule has 1 saturated heterocycles. The molecule has 4 amide bonds. The lowest BCUT2D eigenvalue weighted by Crippen LogP contribution is -2.49. The lowest BCUT2D eigenvalue weighted by atomic mass is 9.96. The molecule has 0 bridgehead atoms. The number of benzene rings is 1. The predicted octanol–water partition coefficient (Wildman–Crippen LogP) is 2.54. The van der Waals surface area contributed by atoms with Crippen molar-refractivity contribution in [3.05, 3.63) is 52.8 Å². The SMILES string of the molecule is Cc1cc(C)nc(SCc2ccc(C(=O)NNC(=O)C3CCN(C(=O)N(C)C)CC3)cc2)n1. The fourth-order valence-corrected chi connectivity index (χ4v) is 4.47. The molecule has 0 radical (unpaired) electrons. The molecule has 2 heterocycles. The molecule has 1 aromatic heterocycles. The monoisotopic (exact) mass is 470 g/mol. The molecule has 1 aliphatic heterocycles. The zero-order valence-corrected chi connectivity index (χ0v) is 20.2. The molecule has 10 heteroatoms. The third-order valence-corrected chi connectivity index (χ3v) is 6.28. The van der Waals surface area contributed by atoms with Crippen molar-refractivity contribution in [3.63, 3.8) is 0 Å². The summed E-state index contributed by atoms with van der Waals surface area (Å²) >= 11 is 1.54. The van der Waals surface area contributed by atoms with E-state index in [-0.39, 0.29) is 23.8 Å². The number of nitrogens with one attached hydrogen (secondary N) is 2. The highest BCUT2D eigenvalue weighted by atomic mass is 32.2. The smallest absolute Gasteiger partial charge is 0.319 e. The van der Waals surface area contributed by atoms with Crippen LogP contribution >= 0.6 is 11.8 Å². The Morgan fingerprint density at radius 3 is 2.21 bits per heavy atom. The average Bonchev–Trinajstić information content (AvgIpc) is 2.80. The van der Waals surface area contributed by atoms with Crippen LogP contribution in [0.2, 0.25) is 0 Å². The summed E-state index contributed by atoms with van der Waals surface area (Å²) in [7, 11) is 3.42. The van der Waals surface area contributed by atoms with E-state index in [0.29, 0.717) is 37.2 Å². The molecule has 0 unspecified atom stereocenters. The first-order chi connectivity index (χ1) is 15.7. The molecule has 0 atom stereocenters. The number of rotatable bonds is 5. The second kappa shape index (κ2) is 11.1. The number of hydrogen-bond acceptors (Lipinski definition) is 6. The molecule has 1 aromatic carbocycles. The Morgan fingerprint density at radius 1 is 1.03 bits per heavy atom. The molecular weight excluding hydrogens is 440 g/mol. The van der Waals surface area contributed by atoms with Gasteiger partial charge in [-0.2, -0.15) is 0 Å². The van der Waals surface area contributed by atoms with E-state index < -0.39 is 0 Å². The Kier molecular flexibility index (Phi) is 8.26. The molecule has 0 aliphatic carbocycles. The Morgan fingerprint density at radius 2 is 1.64 bits per heavy atom. The van der Waals surface area contributed by atoms with E-state index in [4.69, 9.17) is 0 Å². The summed E-state index contributed by atoms with van der Waals surface area (Å²) in [5.74, 6) is -0.151. The molecule has 3 rings (SSSR count). The normalized spacial score (nSPS) is 14.0. The quantitative estimate of drug-likeness (QED) is 0.395.